The van der Waals surface area contributed by atoms with E-state index in [4.69, 9.17) is 4.74 Å². The number of hydrogen-bond acceptors (Lipinski definition) is 3. The normalized spacial score (nSPS) is 11.8. The molecule has 24 heavy (non-hydrogen) atoms. The highest BCUT2D eigenvalue weighted by Gasteiger charge is 2.24. The molecule has 0 bridgehead atoms. The highest BCUT2D eigenvalue weighted by Crippen LogP contribution is 2.19. The molecular formula is C20H23NO3. The molecule has 1 N–H and O–H groups in total. The molecule has 1 amide bonds. The van der Waals surface area contributed by atoms with Gasteiger partial charge in [0.15, 0.2) is 0 Å². The van der Waals surface area contributed by atoms with Crippen molar-refractivity contribution in [1.29, 1.82) is 0 Å². The fourth-order valence-electron chi connectivity index (χ4n) is 2.48. The van der Waals surface area contributed by atoms with Gasteiger partial charge in [-0.2, -0.15) is 0 Å². The third-order valence-corrected chi connectivity index (χ3v) is 3.86. The fourth-order valence-corrected chi connectivity index (χ4v) is 2.48. The lowest BCUT2D eigenvalue weighted by molar-refractivity contribution is -0.146. The van der Waals surface area contributed by atoms with Crippen LogP contribution in [0.15, 0.2) is 54.6 Å². The summed E-state index contributed by atoms with van der Waals surface area (Å²) in [6.07, 6.45) is 0.231. The van der Waals surface area contributed by atoms with Gasteiger partial charge in [0.1, 0.15) is 6.04 Å². The van der Waals surface area contributed by atoms with Gasteiger partial charge in [-0.3, -0.25) is 4.79 Å². The molecule has 2 aromatic rings. The van der Waals surface area contributed by atoms with Gasteiger partial charge in [0.2, 0.25) is 5.91 Å². The van der Waals surface area contributed by atoms with Gasteiger partial charge in [-0.1, -0.05) is 68.4 Å². The Kier molecular flexibility index (Phi) is 6.13. The monoisotopic (exact) mass is 325 g/mol. The minimum absolute atomic E-state index is 0.0261. The zero-order valence-electron chi connectivity index (χ0n) is 14.3. The quantitative estimate of drug-likeness (QED) is 0.830. The molecule has 0 spiro atoms. The van der Waals surface area contributed by atoms with Crippen molar-refractivity contribution in [3.8, 4) is 11.1 Å². The van der Waals surface area contributed by atoms with Crippen LogP contribution in [0.25, 0.3) is 11.1 Å². The number of ether oxygens (including phenoxy) is 1. The van der Waals surface area contributed by atoms with Crippen LogP contribution in [0.3, 0.4) is 0 Å². The molecule has 0 aliphatic rings. The van der Waals surface area contributed by atoms with Crippen molar-refractivity contribution in [2.45, 2.75) is 26.3 Å². The highest BCUT2D eigenvalue weighted by molar-refractivity contribution is 5.85. The van der Waals surface area contributed by atoms with E-state index in [-0.39, 0.29) is 18.2 Å². The van der Waals surface area contributed by atoms with Crippen LogP contribution in [-0.4, -0.2) is 25.0 Å². The Hall–Kier alpha value is -2.62. The number of nitrogens with one attached hydrogen (secondary N) is 1. The Labute approximate surface area is 142 Å². The van der Waals surface area contributed by atoms with Gasteiger partial charge >= 0.3 is 5.97 Å². The molecule has 0 fully saturated rings. The fraction of sp³-hybridized carbons (Fsp3) is 0.300. The van der Waals surface area contributed by atoms with Crippen LogP contribution in [0.1, 0.15) is 19.4 Å². The Morgan fingerprint density at radius 1 is 0.958 bits per heavy atom. The smallest absolute Gasteiger partial charge is 0.328 e. The summed E-state index contributed by atoms with van der Waals surface area (Å²) in [4.78, 5) is 23.9. The lowest BCUT2D eigenvalue weighted by Gasteiger charge is -2.19. The van der Waals surface area contributed by atoms with Crippen LogP contribution in [0.5, 0.6) is 0 Å². The van der Waals surface area contributed by atoms with E-state index in [1.165, 1.54) is 7.11 Å². The van der Waals surface area contributed by atoms with E-state index in [0.717, 1.165) is 16.7 Å². The Morgan fingerprint density at radius 3 is 2.08 bits per heavy atom. The largest absolute Gasteiger partial charge is 0.467 e. The van der Waals surface area contributed by atoms with Gasteiger partial charge in [0.05, 0.1) is 13.5 Å². The summed E-state index contributed by atoms with van der Waals surface area (Å²) in [5.41, 5.74) is 3.15. The molecule has 0 aliphatic heterocycles. The van der Waals surface area contributed by atoms with E-state index in [0.29, 0.717) is 0 Å². The summed E-state index contributed by atoms with van der Waals surface area (Å²) in [7, 11) is 1.33. The van der Waals surface area contributed by atoms with Crippen LogP contribution < -0.4 is 5.32 Å². The summed E-state index contributed by atoms with van der Waals surface area (Å²) >= 11 is 0. The van der Waals surface area contributed by atoms with Crippen LogP contribution >= 0.6 is 0 Å². The predicted molar refractivity (Wildman–Crippen MR) is 94.4 cm³/mol. The number of methoxy groups -OCH3 is 1. The number of rotatable bonds is 6. The van der Waals surface area contributed by atoms with Gasteiger partial charge in [-0.15, -0.1) is 0 Å². The van der Waals surface area contributed by atoms with Crippen LogP contribution in [0.2, 0.25) is 0 Å². The summed E-state index contributed by atoms with van der Waals surface area (Å²) in [6.45, 7) is 3.74. The molecule has 2 aromatic carbocycles. The van der Waals surface area contributed by atoms with E-state index in [9.17, 15) is 9.59 Å². The first-order valence-corrected chi connectivity index (χ1v) is 8.03. The topological polar surface area (TPSA) is 55.4 Å². The Bertz CT molecular complexity index is 678. The standard InChI is InChI=1S/C20H23NO3/c1-14(2)19(20(23)24-3)21-18(22)13-15-9-11-17(12-10-15)16-7-5-4-6-8-16/h4-12,14,19H,13H2,1-3H3,(H,21,22). The van der Waals surface area contributed by atoms with Crippen molar-refractivity contribution in [2.75, 3.05) is 7.11 Å². The highest BCUT2D eigenvalue weighted by atomic mass is 16.5. The maximum atomic E-state index is 12.2. The first-order chi connectivity index (χ1) is 11.5. The molecule has 0 saturated carbocycles. The van der Waals surface area contributed by atoms with Crippen molar-refractivity contribution in [3.05, 3.63) is 60.2 Å². The molecule has 0 radical (unpaired) electrons. The summed E-state index contributed by atoms with van der Waals surface area (Å²) < 4.78 is 4.74. The van der Waals surface area contributed by atoms with E-state index in [1.807, 2.05) is 68.4 Å². The molecule has 0 heterocycles. The number of carbonyl (C=O) groups is 2. The lowest BCUT2D eigenvalue weighted by Crippen LogP contribution is -2.45. The van der Waals surface area contributed by atoms with Crippen molar-refractivity contribution in [3.63, 3.8) is 0 Å². The van der Waals surface area contributed by atoms with Crippen LogP contribution in [0, 0.1) is 5.92 Å². The molecule has 0 aromatic heterocycles. The Morgan fingerprint density at radius 2 is 1.54 bits per heavy atom. The van der Waals surface area contributed by atoms with Gasteiger partial charge in [0, 0.05) is 0 Å². The first kappa shape index (κ1) is 17.7. The predicted octanol–water partition coefficient (Wildman–Crippen LogP) is 3.21. The molecule has 4 nitrogen and oxygen atoms in total. The molecule has 0 saturated heterocycles. The average molecular weight is 325 g/mol. The summed E-state index contributed by atoms with van der Waals surface area (Å²) in [5.74, 6) is -0.633. The van der Waals surface area contributed by atoms with Crippen molar-refractivity contribution < 1.29 is 14.3 Å². The van der Waals surface area contributed by atoms with Crippen molar-refractivity contribution in [2.24, 2.45) is 5.92 Å². The van der Waals surface area contributed by atoms with Crippen LogP contribution in [0.4, 0.5) is 0 Å². The summed E-state index contributed by atoms with van der Waals surface area (Å²) in [5, 5.41) is 2.75. The zero-order chi connectivity index (χ0) is 17.5. The second kappa shape index (κ2) is 8.29. The summed E-state index contributed by atoms with van der Waals surface area (Å²) in [6, 6.07) is 17.3. The van der Waals surface area contributed by atoms with Gasteiger partial charge in [0.25, 0.3) is 0 Å². The number of benzene rings is 2. The number of amides is 1. The van der Waals surface area contributed by atoms with Crippen molar-refractivity contribution >= 4 is 11.9 Å². The van der Waals surface area contributed by atoms with Crippen LogP contribution in [-0.2, 0) is 20.7 Å². The molecule has 1 unspecified atom stereocenters. The third-order valence-electron chi connectivity index (χ3n) is 3.86. The SMILES string of the molecule is COC(=O)C(NC(=O)Cc1ccc(-c2ccccc2)cc1)C(C)C. The molecular weight excluding hydrogens is 302 g/mol. The maximum Gasteiger partial charge on any atom is 0.328 e. The van der Waals surface area contributed by atoms with Gasteiger partial charge in [-0.05, 0) is 22.6 Å². The molecule has 2 rings (SSSR count). The zero-order valence-corrected chi connectivity index (χ0v) is 14.3. The maximum absolute atomic E-state index is 12.2. The van der Waals surface area contributed by atoms with E-state index < -0.39 is 12.0 Å². The van der Waals surface area contributed by atoms with E-state index in [2.05, 4.69) is 5.32 Å². The third kappa shape index (κ3) is 4.69. The van der Waals surface area contributed by atoms with E-state index in [1.54, 1.807) is 0 Å². The minimum Gasteiger partial charge on any atom is -0.467 e. The molecule has 4 heteroatoms. The second-order valence-electron chi connectivity index (χ2n) is 6.05. The molecule has 0 aliphatic carbocycles. The van der Waals surface area contributed by atoms with Crippen molar-refractivity contribution in [1.82, 2.24) is 5.32 Å². The number of carbonyl (C=O) groups excluding carboxylic acids is 2. The molecule has 1 atom stereocenters. The lowest BCUT2D eigenvalue weighted by atomic mass is 10.0. The first-order valence-electron chi connectivity index (χ1n) is 8.03. The van der Waals surface area contributed by atoms with E-state index >= 15 is 0 Å². The molecule has 126 valence electrons. The average Bonchev–Trinajstić information content (AvgIpc) is 2.60. The number of esters is 1. The van der Waals surface area contributed by atoms with Gasteiger partial charge < -0.3 is 10.1 Å². The minimum atomic E-state index is -0.619. The second-order valence-corrected chi connectivity index (χ2v) is 6.05. The Balaban J connectivity index is 2.00. The number of hydrogen-bond donors (Lipinski definition) is 1. The van der Waals surface area contributed by atoms with Gasteiger partial charge in [-0.25, -0.2) is 4.79 Å².